The van der Waals surface area contributed by atoms with Crippen LogP contribution in [0.2, 0.25) is 0 Å². The van der Waals surface area contributed by atoms with E-state index in [1.807, 2.05) is 0 Å². The summed E-state index contributed by atoms with van der Waals surface area (Å²) in [5.41, 5.74) is -1.34. The van der Waals surface area contributed by atoms with Gasteiger partial charge in [-0.1, -0.05) is 12.0 Å². The summed E-state index contributed by atoms with van der Waals surface area (Å²) in [4.78, 5) is 22.6. The molecule has 0 unspecified atom stereocenters. The van der Waals surface area contributed by atoms with Gasteiger partial charge in [-0.2, -0.15) is 4.98 Å². The van der Waals surface area contributed by atoms with Crippen LogP contribution in [-0.4, -0.2) is 27.9 Å². The van der Waals surface area contributed by atoms with Crippen LogP contribution in [0.25, 0.3) is 10.9 Å². The number of alkyl halides is 2. The van der Waals surface area contributed by atoms with Gasteiger partial charge in [0, 0.05) is 12.1 Å². The highest BCUT2D eigenvalue weighted by Crippen LogP contribution is 2.33. The second-order valence-electron chi connectivity index (χ2n) is 6.57. The highest BCUT2D eigenvalue weighted by molar-refractivity contribution is 5.92. The Morgan fingerprint density at radius 3 is 2.76 bits per heavy atom. The fourth-order valence-corrected chi connectivity index (χ4v) is 2.91. The summed E-state index contributed by atoms with van der Waals surface area (Å²) in [6.45, 7) is -1.00. The fraction of sp³-hybridized carbons (Fsp3) is 0.250. The third kappa shape index (κ3) is 3.92. The molecule has 1 aliphatic rings. The monoisotopic (exact) mass is 402 g/mol. The summed E-state index contributed by atoms with van der Waals surface area (Å²) in [7, 11) is 0. The van der Waals surface area contributed by atoms with Crippen molar-refractivity contribution in [3.05, 3.63) is 58.3 Å². The van der Waals surface area contributed by atoms with Gasteiger partial charge in [0.15, 0.2) is 17.3 Å². The van der Waals surface area contributed by atoms with Gasteiger partial charge in [0.25, 0.3) is 6.43 Å². The summed E-state index contributed by atoms with van der Waals surface area (Å²) >= 11 is 0. The minimum atomic E-state index is -2.91. The molecule has 1 aliphatic carbocycles. The molecule has 0 radical (unpaired) electrons. The Balaban J connectivity index is 1.92. The number of anilines is 2. The molecule has 1 N–H and O–H groups in total. The normalized spacial score (nSPS) is 13.4. The van der Waals surface area contributed by atoms with E-state index >= 15 is 4.39 Å². The zero-order chi connectivity index (χ0) is 20.5. The van der Waals surface area contributed by atoms with Gasteiger partial charge in [-0.15, -0.1) is 0 Å². The van der Waals surface area contributed by atoms with Crippen molar-refractivity contribution in [3.63, 3.8) is 0 Å². The molecule has 2 heterocycles. The minimum Gasteiger partial charge on any atom is -0.317 e. The van der Waals surface area contributed by atoms with Crippen molar-refractivity contribution in [2.45, 2.75) is 19.3 Å². The summed E-state index contributed by atoms with van der Waals surface area (Å²) in [6, 6.07) is 5.02. The molecule has 148 valence electrons. The van der Waals surface area contributed by atoms with Crippen molar-refractivity contribution in [3.8, 4) is 11.8 Å². The number of nitrogens with one attached hydrogen (secondary N) is 1. The number of aromatic nitrogens is 3. The molecule has 0 atom stereocenters. The fourth-order valence-electron chi connectivity index (χ4n) is 2.91. The first kappa shape index (κ1) is 18.9. The molecule has 0 bridgehead atoms. The van der Waals surface area contributed by atoms with E-state index in [-0.39, 0.29) is 28.2 Å². The maximum absolute atomic E-state index is 15.1. The molecule has 0 saturated heterocycles. The molecule has 1 aromatic carbocycles. The van der Waals surface area contributed by atoms with Gasteiger partial charge < -0.3 is 9.88 Å². The van der Waals surface area contributed by atoms with E-state index in [0.717, 1.165) is 29.9 Å². The average molecular weight is 402 g/mol. The van der Waals surface area contributed by atoms with E-state index in [1.54, 1.807) is 0 Å². The Bertz CT molecular complexity index is 1190. The number of benzene rings is 1. The third-order valence-corrected chi connectivity index (χ3v) is 4.39. The minimum absolute atomic E-state index is 0.0579. The number of rotatable bonds is 4. The summed E-state index contributed by atoms with van der Waals surface area (Å²) < 4.78 is 56.2. The molecule has 1 fully saturated rings. The Morgan fingerprint density at radius 1 is 1.24 bits per heavy atom. The van der Waals surface area contributed by atoms with Crippen molar-refractivity contribution in [2.75, 3.05) is 11.4 Å². The van der Waals surface area contributed by atoms with Crippen LogP contribution in [0, 0.1) is 29.4 Å². The third-order valence-electron chi connectivity index (χ3n) is 4.39. The van der Waals surface area contributed by atoms with Gasteiger partial charge in [0.2, 0.25) is 0 Å². The van der Waals surface area contributed by atoms with Crippen LogP contribution in [0.3, 0.4) is 0 Å². The smallest absolute Gasteiger partial charge is 0.317 e. The van der Waals surface area contributed by atoms with E-state index in [2.05, 4.69) is 26.8 Å². The first-order valence-electron chi connectivity index (χ1n) is 8.84. The van der Waals surface area contributed by atoms with E-state index in [1.165, 1.54) is 18.3 Å². The molecule has 5 nitrogen and oxygen atoms in total. The zero-order valence-electron chi connectivity index (χ0n) is 14.9. The Morgan fingerprint density at radius 2 is 2.03 bits per heavy atom. The molecular formula is C20H14F4N4O. The van der Waals surface area contributed by atoms with Gasteiger partial charge in [-0.05, 0) is 37.0 Å². The maximum Gasteiger partial charge on any atom is 0.347 e. The van der Waals surface area contributed by atoms with Crippen LogP contribution in [-0.2, 0) is 0 Å². The first-order valence-corrected chi connectivity index (χ1v) is 8.84. The van der Waals surface area contributed by atoms with Gasteiger partial charge in [0.05, 0.1) is 23.1 Å². The lowest BCUT2D eigenvalue weighted by Crippen LogP contribution is -2.29. The molecule has 3 aromatic rings. The number of H-pyrrole nitrogens is 1. The molecule has 29 heavy (non-hydrogen) atoms. The van der Waals surface area contributed by atoms with Gasteiger partial charge in [0.1, 0.15) is 5.82 Å². The lowest BCUT2D eigenvalue weighted by Gasteiger charge is -2.25. The Hall–Kier alpha value is -3.41. The summed E-state index contributed by atoms with van der Waals surface area (Å²) in [6.07, 6.45) is 0.160. The predicted octanol–water partition coefficient (Wildman–Crippen LogP) is 3.76. The standard InChI is InChI=1S/C20H14F4N4O/c21-12-2-1-3-13-17(12)19(27-20(29)26-13)28(10-16(22)23)15-8-9-25-14(18(15)24)7-6-11-4-5-11/h1-3,8-9,11,16H,4-5,10H2,(H,26,27,29). The summed E-state index contributed by atoms with van der Waals surface area (Å²) in [5, 5.41) is -0.199. The number of aromatic amines is 1. The zero-order valence-corrected chi connectivity index (χ0v) is 14.9. The molecule has 4 rings (SSSR count). The average Bonchev–Trinajstić information content (AvgIpc) is 3.49. The van der Waals surface area contributed by atoms with Gasteiger partial charge in [-0.25, -0.2) is 27.3 Å². The molecule has 1 saturated carbocycles. The number of nitrogens with zero attached hydrogens (tertiary/aromatic N) is 3. The maximum atomic E-state index is 15.1. The Kier molecular flexibility index (Phi) is 4.92. The summed E-state index contributed by atoms with van der Waals surface area (Å²) in [5.74, 6) is 3.53. The topological polar surface area (TPSA) is 61.9 Å². The van der Waals surface area contributed by atoms with E-state index < -0.39 is 36.1 Å². The lowest BCUT2D eigenvalue weighted by molar-refractivity contribution is 0.157. The highest BCUT2D eigenvalue weighted by Gasteiger charge is 2.25. The SMILES string of the molecule is O=c1nc(N(CC(F)F)c2ccnc(C#CC3CC3)c2F)c2c(F)cccc2[nH]1. The van der Waals surface area contributed by atoms with Crippen molar-refractivity contribution in [1.29, 1.82) is 0 Å². The van der Waals surface area contributed by atoms with Crippen molar-refractivity contribution >= 4 is 22.4 Å². The number of halogens is 4. The van der Waals surface area contributed by atoms with E-state index in [4.69, 9.17) is 0 Å². The van der Waals surface area contributed by atoms with Crippen molar-refractivity contribution < 1.29 is 17.6 Å². The largest absolute Gasteiger partial charge is 0.347 e. The molecule has 2 aromatic heterocycles. The molecular weight excluding hydrogens is 388 g/mol. The predicted molar refractivity (Wildman–Crippen MR) is 99.1 cm³/mol. The van der Waals surface area contributed by atoms with Gasteiger partial charge in [-0.3, -0.25) is 0 Å². The first-order chi connectivity index (χ1) is 13.9. The van der Waals surface area contributed by atoms with Crippen LogP contribution in [0.1, 0.15) is 18.5 Å². The molecule has 0 amide bonds. The van der Waals surface area contributed by atoms with Crippen molar-refractivity contribution in [2.24, 2.45) is 5.92 Å². The van der Waals surface area contributed by atoms with Crippen LogP contribution in [0.15, 0.2) is 35.3 Å². The molecule has 0 spiro atoms. The van der Waals surface area contributed by atoms with E-state index in [0.29, 0.717) is 0 Å². The highest BCUT2D eigenvalue weighted by atomic mass is 19.3. The van der Waals surface area contributed by atoms with Crippen molar-refractivity contribution in [1.82, 2.24) is 15.0 Å². The van der Waals surface area contributed by atoms with Gasteiger partial charge >= 0.3 is 5.69 Å². The Labute approximate surface area is 162 Å². The van der Waals surface area contributed by atoms with Crippen LogP contribution in [0.4, 0.5) is 29.1 Å². The second kappa shape index (κ2) is 7.54. The number of hydrogen-bond donors (Lipinski definition) is 1. The number of pyridine rings is 1. The number of fused-ring (bicyclic) bond motifs is 1. The number of hydrogen-bond acceptors (Lipinski definition) is 4. The second-order valence-corrected chi connectivity index (χ2v) is 6.57. The van der Waals surface area contributed by atoms with Crippen LogP contribution in [0.5, 0.6) is 0 Å². The van der Waals surface area contributed by atoms with E-state index in [9.17, 15) is 18.0 Å². The molecule has 0 aliphatic heterocycles. The quantitative estimate of drug-likeness (QED) is 0.533. The molecule has 9 heteroatoms. The van der Waals surface area contributed by atoms with Crippen LogP contribution < -0.4 is 10.6 Å². The van der Waals surface area contributed by atoms with Crippen LogP contribution >= 0.6 is 0 Å². The lowest BCUT2D eigenvalue weighted by atomic mass is 10.2.